The van der Waals surface area contributed by atoms with E-state index in [0.717, 1.165) is 68.4 Å². The summed E-state index contributed by atoms with van der Waals surface area (Å²) >= 11 is 0. The lowest BCUT2D eigenvalue weighted by molar-refractivity contribution is 0.600. The van der Waals surface area contributed by atoms with Crippen molar-refractivity contribution in [1.82, 2.24) is 20.2 Å². The molecule has 1 aromatic heterocycles. The summed E-state index contributed by atoms with van der Waals surface area (Å²) in [6.07, 6.45) is 6.81. The lowest BCUT2D eigenvalue weighted by atomic mass is 10.1. The van der Waals surface area contributed by atoms with Crippen LogP contribution in [0.1, 0.15) is 36.7 Å². The molecule has 1 heterocycles. The number of rotatable bonds is 9. The van der Waals surface area contributed by atoms with E-state index >= 15 is 0 Å². The van der Waals surface area contributed by atoms with Gasteiger partial charge in [0.15, 0.2) is 5.96 Å². The molecular formula is C20H30FN5. The fourth-order valence-corrected chi connectivity index (χ4v) is 2.82. The molecule has 2 N–H and O–H groups in total. The maximum Gasteiger partial charge on any atom is 0.191 e. The lowest BCUT2D eigenvalue weighted by Gasteiger charge is -2.12. The highest BCUT2D eigenvalue weighted by Gasteiger charge is 2.02. The van der Waals surface area contributed by atoms with Gasteiger partial charge < -0.3 is 15.2 Å². The zero-order valence-electron chi connectivity index (χ0n) is 16.1. The summed E-state index contributed by atoms with van der Waals surface area (Å²) in [4.78, 5) is 8.86. The van der Waals surface area contributed by atoms with Gasteiger partial charge in [-0.25, -0.2) is 9.37 Å². The molecule has 0 saturated heterocycles. The van der Waals surface area contributed by atoms with Crippen molar-refractivity contribution in [2.45, 2.75) is 46.6 Å². The number of aromatic nitrogens is 2. The van der Waals surface area contributed by atoms with E-state index in [9.17, 15) is 4.39 Å². The van der Waals surface area contributed by atoms with Crippen LogP contribution in [-0.4, -0.2) is 35.1 Å². The van der Waals surface area contributed by atoms with Crippen molar-refractivity contribution in [3.8, 4) is 0 Å². The van der Waals surface area contributed by atoms with E-state index in [2.05, 4.69) is 32.1 Å². The molecule has 0 fully saturated rings. The van der Waals surface area contributed by atoms with Gasteiger partial charge in [0.2, 0.25) is 0 Å². The quantitative estimate of drug-likeness (QED) is 0.411. The van der Waals surface area contributed by atoms with E-state index in [1.54, 1.807) is 6.07 Å². The molecule has 26 heavy (non-hydrogen) atoms. The number of nitrogens with zero attached hydrogens (tertiary/aromatic N) is 3. The van der Waals surface area contributed by atoms with Crippen molar-refractivity contribution in [2.24, 2.45) is 4.99 Å². The number of aryl methyl sites for hydroxylation is 3. The summed E-state index contributed by atoms with van der Waals surface area (Å²) in [7, 11) is 0. The van der Waals surface area contributed by atoms with E-state index < -0.39 is 0 Å². The van der Waals surface area contributed by atoms with Crippen molar-refractivity contribution in [1.29, 1.82) is 0 Å². The molecule has 0 radical (unpaired) electrons. The highest BCUT2D eigenvalue weighted by Crippen LogP contribution is 2.10. The fraction of sp³-hybridized carbons (Fsp3) is 0.500. The minimum Gasteiger partial charge on any atom is -0.357 e. The minimum atomic E-state index is -0.181. The van der Waals surface area contributed by atoms with Gasteiger partial charge >= 0.3 is 0 Å². The molecule has 0 bridgehead atoms. The molecule has 1 aromatic carbocycles. The van der Waals surface area contributed by atoms with Crippen LogP contribution in [0.15, 0.2) is 35.6 Å². The molecule has 0 unspecified atom stereocenters. The van der Waals surface area contributed by atoms with Gasteiger partial charge in [-0.05, 0) is 63.3 Å². The molecule has 142 valence electrons. The second-order valence-electron chi connectivity index (χ2n) is 6.38. The smallest absolute Gasteiger partial charge is 0.191 e. The first-order valence-electron chi connectivity index (χ1n) is 9.35. The highest BCUT2D eigenvalue weighted by atomic mass is 19.1. The topological polar surface area (TPSA) is 54.2 Å². The third-order valence-corrected chi connectivity index (χ3v) is 4.34. The molecule has 5 nitrogen and oxygen atoms in total. The minimum absolute atomic E-state index is 0.181. The Morgan fingerprint density at radius 2 is 2.08 bits per heavy atom. The van der Waals surface area contributed by atoms with Crippen LogP contribution in [-0.2, 0) is 13.0 Å². The third kappa shape index (κ3) is 6.50. The van der Waals surface area contributed by atoms with E-state index in [4.69, 9.17) is 0 Å². The lowest BCUT2D eigenvalue weighted by Crippen LogP contribution is -2.38. The Balaban J connectivity index is 1.72. The summed E-state index contributed by atoms with van der Waals surface area (Å²) in [5, 5.41) is 6.62. The first kappa shape index (κ1) is 19.9. The van der Waals surface area contributed by atoms with Crippen molar-refractivity contribution < 1.29 is 4.39 Å². The molecule has 0 aliphatic rings. The average Bonchev–Trinajstić information content (AvgIpc) is 3.01. The predicted molar refractivity (Wildman–Crippen MR) is 105 cm³/mol. The highest BCUT2D eigenvalue weighted by molar-refractivity contribution is 5.79. The predicted octanol–water partition coefficient (Wildman–Crippen LogP) is 3.22. The standard InChI is InChI=1S/C20H30FN5/c1-4-22-20(24-10-5-6-13-26-14-12-23-17(26)3)25-11-9-18-7-8-19(21)15-16(18)2/h7-8,12,14-15H,4-6,9-11,13H2,1-3H3,(H2,22,24,25). The van der Waals surface area contributed by atoms with Crippen LogP contribution < -0.4 is 10.6 Å². The van der Waals surface area contributed by atoms with Crippen molar-refractivity contribution in [3.05, 3.63) is 53.4 Å². The summed E-state index contributed by atoms with van der Waals surface area (Å²) < 4.78 is 15.3. The molecular weight excluding hydrogens is 329 g/mol. The average molecular weight is 359 g/mol. The Morgan fingerprint density at radius 1 is 1.23 bits per heavy atom. The fourth-order valence-electron chi connectivity index (χ4n) is 2.82. The SMILES string of the molecule is CCNC(=NCCCCn1ccnc1C)NCCc1ccc(F)cc1C. The van der Waals surface area contributed by atoms with Gasteiger partial charge in [-0.2, -0.15) is 0 Å². The van der Waals surface area contributed by atoms with Gasteiger partial charge in [-0.15, -0.1) is 0 Å². The molecule has 0 spiro atoms. The maximum absolute atomic E-state index is 13.2. The van der Waals surface area contributed by atoms with Gasteiger partial charge in [0.05, 0.1) is 0 Å². The Morgan fingerprint density at radius 3 is 2.77 bits per heavy atom. The number of unbranched alkanes of at least 4 members (excludes halogenated alkanes) is 1. The molecule has 6 heteroatoms. The van der Waals surface area contributed by atoms with Crippen molar-refractivity contribution in [2.75, 3.05) is 19.6 Å². The van der Waals surface area contributed by atoms with Gasteiger partial charge in [-0.3, -0.25) is 4.99 Å². The molecule has 2 rings (SSSR count). The van der Waals surface area contributed by atoms with Crippen molar-refractivity contribution in [3.63, 3.8) is 0 Å². The summed E-state index contributed by atoms with van der Waals surface area (Å²) in [6, 6.07) is 4.95. The van der Waals surface area contributed by atoms with Gasteiger partial charge in [0.1, 0.15) is 11.6 Å². The van der Waals surface area contributed by atoms with E-state index in [0.29, 0.717) is 0 Å². The van der Waals surface area contributed by atoms with Crippen LogP contribution in [0.5, 0.6) is 0 Å². The van der Waals surface area contributed by atoms with Crippen LogP contribution in [0.4, 0.5) is 4.39 Å². The van der Waals surface area contributed by atoms with Crippen LogP contribution in [0.25, 0.3) is 0 Å². The monoisotopic (exact) mass is 359 g/mol. The number of benzene rings is 1. The molecule has 0 atom stereocenters. The molecule has 0 aliphatic carbocycles. The summed E-state index contributed by atoms with van der Waals surface area (Å²) in [6.45, 7) is 9.40. The van der Waals surface area contributed by atoms with E-state index in [-0.39, 0.29) is 5.82 Å². The Labute approximate surface area is 155 Å². The number of hydrogen-bond donors (Lipinski definition) is 2. The van der Waals surface area contributed by atoms with Crippen molar-refractivity contribution >= 4 is 5.96 Å². The van der Waals surface area contributed by atoms with Crippen LogP contribution >= 0.6 is 0 Å². The largest absolute Gasteiger partial charge is 0.357 e. The van der Waals surface area contributed by atoms with Crippen LogP contribution in [0.3, 0.4) is 0 Å². The third-order valence-electron chi connectivity index (χ3n) is 4.34. The van der Waals surface area contributed by atoms with E-state index in [1.807, 2.05) is 32.3 Å². The van der Waals surface area contributed by atoms with E-state index in [1.165, 1.54) is 6.07 Å². The molecule has 0 amide bonds. The van der Waals surface area contributed by atoms with Crippen LogP contribution in [0, 0.1) is 19.7 Å². The zero-order valence-corrected chi connectivity index (χ0v) is 16.1. The zero-order chi connectivity index (χ0) is 18.8. The summed E-state index contributed by atoms with van der Waals surface area (Å²) in [5.41, 5.74) is 2.15. The molecule has 0 aliphatic heterocycles. The Hall–Kier alpha value is -2.37. The first-order chi connectivity index (χ1) is 12.6. The number of guanidine groups is 1. The number of imidazole rings is 1. The normalized spacial score (nSPS) is 11.6. The number of hydrogen-bond acceptors (Lipinski definition) is 2. The van der Waals surface area contributed by atoms with Gasteiger partial charge in [0.25, 0.3) is 0 Å². The van der Waals surface area contributed by atoms with Crippen LogP contribution in [0.2, 0.25) is 0 Å². The molecule has 2 aromatic rings. The Bertz CT molecular complexity index is 708. The maximum atomic E-state index is 13.2. The second kappa shape index (κ2) is 10.6. The van der Waals surface area contributed by atoms with Gasteiger partial charge in [0, 0.05) is 38.6 Å². The number of aliphatic imine (C=N–C) groups is 1. The number of halogens is 1. The number of nitrogens with one attached hydrogen (secondary N) is 2. The second-order valence-corrected chi connectivity index (χ2v) is 6.38. The molecule has 0 saturated carbocycles. The van der Waals surface area contributed by atoms with Gasteiger partial charge in [-0.1, -0.05) is 6.07 Å². The Kier molecular flexibility index (Phi) is 8.12. The summed E-state index contributed by atoms with van der Waals surface area (Å²) in [5.74, 6) is 1.71. The first-order valence-corrected chi connectivity index (χ1v) is 9.35.